The van der Waals surface area contributed by atoms with E-state index in [0.29, 0.717) is 25.2 Å². The fourth-order valence-electron chi connectivity index (χ4n) is 2.13. The zero-order chi connectivity index (χ0) is 14.5. The van der Waals surface area contributed by atoms with Gasteiger partial charge in [-0.3, -0.25) is 14.9 Å². The van der Waals surface area contributed by atoms with Crippen molar-refractivity contribution in [2.45, 2.75) is 12.5 Å². The van der Waals surface area contributed by atoms with E-state index in [2.05, 4.69) is 11.4 Å². The summed E-state index contributed by atoms with van der Waals surface area (Å²) in [5.74, 6) is -0.132. The van der Waals surface area contributed by atoms with Crippen molar-refractivity contribution in [2.24, 2.45) is 0 Å². The third-order valence-electron chi connectivity index (χ3n) is 3.22. The van der Waals surface area contributed by atoms with Crippen LogP contribution in [0.25, 0.3) is 0 Å². The van der Waals surface area contributed by atoms with Crippen LogP contribution in [0.1, 0.15) is 5.56 Å². The number of non-ortho nitro benzene ring substituents is 1. The normalized spacial score (nSPS) is 18.4. The van der Waals surface area contributed by atoms with Gasteiger partial charge < -0.3 is 10.2 Å². The van der Waals surface area contributed by atoms with E-state index < -0.39 is 11.0 Å². The second kappa shape index (κ2) is 6.12. The topological polar surface area (TPSA) is 99.3 Å². The quantitative estimate of drug-likeness (QED) is 0.637. The maximum atomic E-state index is 12.2. The molecule has 20 heavy (non-hydrogen) atoms. The molecule has 0 spiro atoms. The highest BCUT2D eigenvalue weighted by molar-refractivity contribution is 5.79. The van der Waals surface area contributed by atoms with Gasteiger partial charge in [0.05, 0.1) is 17.4 Å². The van der Waals surface area contributed by atoms with Crippen LogP contribution in [0.2, 0.25) is 0 Å². The predicted molar refractivity (Wildman–Crippen MR) is 70.8 cm³/mol. The number of carbonyl (C=O) groups is 1. The van der Waals surface area contributed by atoms with Crippen LogP contribution in [0.15, 0.2) is 24.3 Å². The Hall–Kier alpha value is -2.46. The first kappa shape index (κ1) is 14.0. The highest BCUT2D eigenvalue weighted by atomic mass is 16.6. The maximum Gasteiger partial charge on any atom is 0.269 e. The number of rotatable bonds is 3. The van der Waals surface area contributed by atoms with Crippen LogP contribution >= 0.6 is 0 Å². The summed E-state index contributed by atoms with van der Waals surface area (Å²) in [5.41, 5.74) is 0.703. The standard InChI is InChI=1S/C13H14N4O3/c14-8-12-9-15-5-6-16(12)13(18)7-10-1-3-11(4-2-10)17(19)20/h1-4,12,15H,5-7,9H2. The van der Waals surface area contributed by atoms with Crippen LogP contribution in [0.3, 0.4) is 0 Å². The summed E-state index contributed by atoms with van der Waals surface area (Å²) < 4.78 is 0. The number of nitrogens with one attached hydrogen (secondary N) is 1. The molecule has 2 rings (SSSR count). The SMILES string of the molecule is N#CC1CNCCN1C(=O)Cc1ccc([N+](=O)[O-])cc1. The summed E-state index contributed by atoms with van der Waals surface area (Å²) in [6.45, 7) is 1.65. The lowest BCUT2D eigenvalue weighted by atomic mass is 10.1. The lowest BCUT2D eigenvalue weighted by molar-refractivity contribution is -0.384. The first-order valence-corrected chi connectivity index (χ1v) is 6.25. The lowest BCUT2D eigenvalue weighted by Crippen LogP contribution is -2.53. The Bertz CT molecular complexity index is 550. The van der Waals surface area contributed by atoms with Crippen molar-refractivity contribution in [2.75, 3.05) is 19.6 Å². The highest BCUT2D eigenvalue weighted by Crippen LogP contribution is 2.14. The van der Waals surface area contributed by atoms with Gasteiger partial charge >= 0.3 is 0 Å². The van der Waals surface area contributed by atoms with Crippen molar-refractivity contribution < 1.29 is 9.72 Å². The number of nitriles is 1. The van der Waals surface area contributed by atoms with Crippen molar-refractivity contribution in [3.05, 3.63) is 39.9 Å². The van der Waals surface area contributed by atoms with Gasteiger partial charge in [-0.2, -0.15) is 5.26 Å². The van der Waals surface area contributed by atoms with Crippen molar-refractivity contribution in [3.8, 4) is 6.07 Å². The molecule has 0 radical (unpaired) electrons. The molecule has 1 aromatic rings. The molecular formula is C13H14N4O3. The number of nitro groups is 1. The summed E-state index contributed by atoms with van der Waals surface area (Å²) in [5, 5.41) is 22.6. The van der Waals surface area contributed by atoms with Crippen molar-refractivity contribution in [1.29, 1.82) is 5.26 Å². The maximum absolute atomic E-state index is 12.2. The Kier molecular flexibility index (Phi) is 4.27. The number of carbonyl (C=O) groups excluding carboxylic acids is 1. The van der Waals surface area contributed by atoms with Gasteiger partial charge in [0.25, 0.3) is 5.69 Å². The van der Waals surface area contributed by atoms with Crippen molar-refractivity contribution >= 4 is 11.6 Å². The summed E-state index contributed by atoms with van der Waals surface area (Å²) >= 11 is 0. The molecule has 0 bridgehead atoms. The number of hydrogen-bond donors (Lipinski definition) is 1. The van der Waals surface area contributed by atoms with Crippen LogP contribution in [-0.4, -0.2) is 41.4 Å². The van der Waals surface area contributed by atoms with Crippen LogP contribution < -0.4 is 5.32 Å². The second-order valence-corrected chi connectivity index (χ2v) is 4.54. The van der Waals surface area contributed by atoms with Gasteiger partial charge in [-0.15, -0.1) is 0 Å². The molecule has 1 fully saturated rings. The summed E-state index contributed by atoms with van der Waals surface area (Å²) in [4.78, 5) is 23.8. The van der Waals surface area contributed by atoms with Gasteiger partial charge in [-0.05, 0) is 5.56 Å². The molecule has 1 unspecified atom stereocenters. The monoisotopic (exact) mass is 274 g/mol. The molecule has 1 aromatic carbocycles. The average molecular weight is 274 g/mol. The lowest BCUT2D eigenvalue weighted by Gasteiger charge is -2.32. The number of nitro benzene ring substituents is 1. The van der Waals surface area contributed by atoms with Gasteiger partial charge in [0, 0.05) is 31.8 Å². The van der Waals surface area contributed by atoms with E-state index in [1.807, 2.05) is 0 Å². The molecule has 1 amide bonds. The first-order valence-electron chi connectivity index (χ1n) is 6.25. The van der Waals surface area contributed by atoms with Crippen LogP contribution in [0, 0.1) is 21.4 Å². The van der Waals surface area contributed by atoms with Gasteiger partial charge in [0.2, 0.25) is 5.91 Å². The zero-order valence-electron chi connectivity index (χ0n) is 10.8. The smallest absolute Gasteiger partial charge is 0.269 e. The molecule has 7 nitrogen and oxygen atoms in total. The zero-order valence-corrected chi connectivity index (χ0v) is 10.8. The molecule has 1 saturated heterocycles. The third-order valence-corrected chi connectivity index (χ3v) is 3.22. The van der Waals surface area contributed by atoms with E-state index in [0.717, 1.165) is 0 Å². The fourth-order valence-corrected chi connectivity index (χ4v) is 2.13. The van der Waals surface area contributed by atoms with Crippen molar-refractivity contribution in [3.63, 3.8) is 0 Å². The largest absolute Gasteiger partial charge is 0.324 e. The molecule has 1 N–H and O–H groups in total. The molecule has 0 aromatic heterocycles. The third kappa shape index (κ3) is 3.10. The second-order valence-electron chi connectivity index (χ2n) is 4.54. The predicted octanol–water partition coefficient (Wildman–Crippen LogP) is 0.461. The Morgan fingerprint density at radius 1 is 1.50 bits per heavy atom. The molecule has 1 aliphatic rings. The number of nitrogens with zero attached hydrogens (tertiary/aromatic N) is 3. The number of piperazine rings is 1. The Morgan fingerprint density at radius 2 is 2.20 bits per heavy atom. The van der Waals surface area contributed by atoms with E-state index in [9.17, 15) is 14.9 Å². The average Bonchev–Trinajstić information content (AvgIpc) is 2.47. The van der Waals surface area contributed by atoms with E-state index in [1.54, 1.807) is 17.0 Å². The van der Waals surface area contributed by atoms with E-state index in [1.165, 1.54) is 12.1 Å². The molecule has 0 aliphatic carbocycles. The summed E-state index contributed by atoms with van der Waals surface area (Å²) in [6, 6.07) is 7.54. The molecule has 7 heteroatoms. The Labute approximate surface area is 115 Å². The fraction of sp³-hybridized carbons (Fsp3) is 0.385. The molecule has 1 aliphatic heterocycles. The van der Waals surface area contributed by atoms with E-state index >= 15 is 0 Å². The van der Waals surface area contributed by atoms with Crippen LogP contribution in [0.4, 0.5) is 5.69 Å². The number of amides is 1. The summed E-state index contributed by atoms with van der Waals surface area (Å²) in [6.07, 6.45) is 0.149. The van der Waals surface area contributed by atoms with E-state index in [4.69, 9.17) is 5.26 Å². The van der Waals surface area contributed by atoms with Crippen molar-refractivity contribution in [1.82, 2.24) is 10.2 Å². The molecule has 104 valence electrons. The molecule has 1 heterocycles. The van der Waals surface area contributed by atoms with Gasteiger partial charge in [0.1, 0.15) is 6.04 Å². The van der Waals surface area contributed by atoms with Gasteiger partial charge in [0.15, 0.2) is 0 Å². The number of benzene rings is 1. The Morgan fingerprint density at radius 3 is 2.80 bits per heavy atom. The van der Waals surface area contributed by atoms with Gasteiger partial charge in [-0.25, -0.2) is 0 Å². The molecular weight excluding hydrogens is 260 g/mol. The molecule has 1 atom stereocenters. The minimum Gasteiger partial charge on any atom is -0.324 e. The molecule has 0 saturated carbocycles. The van der Waals surface area contributed by atoms with Gasteiger partial charge in [-0.1, -0.05) is 12.1 Å². The number of hydrogen-bond acceptors (Lipinski definition) is 5. The van der Waals surface area contributed by atoms with Crippen LogP contribution in [0.5, 0.6) is 0 Å². The first-order chi connectivity index (χ1) is 9.61. The highest BCUT2D eigenvalue weighted by Gasteiger charge is 2.26. The van der Waals surface area contributed by atoms with Crippen LogP contribution in [-0.2, 0) is 11.2 Å². The van der Waals surface area contributed by atoms with E-state index in [-0.39, 0.29) is 18.0 Å². The minimum absolute atomic E-state index is 0.00160. The summed E-state index contributed by atoms with van der Waals surface area (Å²) in [7, 11) is 0. The minimum atomic E-state index is -0.479. The Balaban J connectivity index is 2.03.